The van der Waals surface area contributed by atoms with Crippen LogP contribution in [0.1, 0.15) is 22.3 Å². The predicted molar refractivity (Wildman–Crippen MR) is 119 cm³/mol. The van der Waals surface area contributed by atoms with Crippen molar-refractivity contribution in [2.45, 2.75) is 34.2 Å². The van der Waals surface area contributed by atoms with E-state index in [0.29, 0.717) is 16.7 Å². The molecule has 0 fully saturated rings. The summed E-state index contributed by atoms with van der Waals surface area (Å²) in [5.74, 6) is -0.219. The quantitative estimate of drug-likeness (QED) is 0.562. The minimum absolute atomic E-state index is 0.0317. The lowest BCUT2D eigenvalue weighted by Gasteiger charge is -2.15. The Morgan fingerprint density at radius 3 is 2.53 bits per heavy atom. The van der Waals surface area contributed by atoms with E-state index in [1.807, 2.05) is 64.1 Å². The normalized spacial score (nSPS) is 11.1. The van der Waals surface area contributed by atoms with Crippen molar-refractivity contribution in [3.8, 4) is 5.69 Å². The molecule has 2 heterocycles. The van der Waals surface area contributed by atoms with E-state index in [1.54, 1.807) is 23.0 Å². The van der Waals surface area contributed by atoms with Gasteiger partial charge in [0.25, 0.3) is 5.56 Å². The van der Waals surface area contributed by atoms with E-state index >= 15 is 0 Å². The van der Waals surface area contributed by atoms with Gasteiger partial charge in [-0.25, -0.2) is 9.67 Å². The van der Waals surface area contributed by atoms with Gasteiger partial charge in [-0.2, -0.15) is 0 Å². The van der Waals surface area contributed by atoms with Gasteiger partial charge in [-0.05, 0) is 80.3 Å². The molecule has 0 aliphatic carbocycles. The maximum absolute atomic E-state index is 13.2. The van der Waals surface area contributed by atoms with E-state index in [9.17, 15) is 9.59 Å². The molecular weight excluding hydrogens is 376 g/mol. The smallest absolute Gasteiger partial charge is 0.280 e. The van der Waals surface area contributed by atoms with Crippen LogP contribution in [-0.4, -0.2) is 20.3 Å². The second-order valence-corrected chi connectivity index (χ2v) is 7.61. The van der Waals surface area contributed by atoms with Crippen LogP contribution < -0.4 is 10.9 Å². The number of rotatable bonds is 4. The number of benzene rings is 2. The van der Waals surface area contributed by atoms with Gasteiger partial charge in [-0.15, -0.1) is 0 Å². The predicted octanol–water partition coefficient (Wildman–Crippen LogP) is 4.06. The van der Waals surface area contributed by atoms with Gasteiger partial charge in [0.05, 0.1) is 11.1 Å². The molecule has 152 valence electrons. The van der Waals surface area contributed by atoms with Crippen LogP contribution in [0.15, 0.2) is 59.5 Å². The van der Waals surface area contributed by atoms with Crippen molar-refractivity contribution in [1.82, 2.24) is 14.3 Å². The molecule has 30 heavy (non-hydrogen) atoms. The second kappa shape index (κ2) is 7.63. The van der Waals surface area contributed by atoms with E-state index < -0.39 is 0 Å². The minimum Gasteiger partial charge on any atom is -0.324 e. The third-order valence-corrected chi connectivity index (χ3v) is 5.60. The van der Waals surface area contributed by atoms with Crippen molar-refractivity contribution in [1.29, 1.82) is 0 Å². The zero-order chi connectivity index (χ0) is 21.4. The Hall–Kier alpha value is -3.67. The number of hydrogen-bond donors (Lipinski definition) is 1. The molecule has 1 N–H and O–H groups in total. The van der Waals surface area contributed by atoms with Gasteiger partial charge < -0.3 is 5.32 Å². The van der Waals surface area contributed by atoms with Gasteiger partial charge in [0, 0.05) is 11.9 Å². The Morgan fingerprint density at radius 1 is 0.967 bits per heavy atom. The van der Waals surface area contributed by atoms with Crippen LogP contribution in [0.2, 0.25) is 0 Å². The van der Waals surface area contributed by atoms with Crippen LogP contribution in [0.4, 0.5) is 5.69 Å². The van der Waals surface area contributed by atoms with Gasteiger partial charge in [0.15, 0.2) is 5.65 Å². The Morgan fingerprint density at radius 2 is 1.77 bits per heavy atom. The van der Waals surface area contributed by atoms with Crippen LogP contribution in [-0.2, 0) is 11.3 Å². The van der Waals surface area contributed by atoms with Crippen molar-refractivity contribution in [3.63, 3.8) is 0 Å². The SMILES string of the molecule is Cc1ccc(-n2c(=O)c3cccnc3n2CC(=O)Nc2cccc(C)c2C)cc1C. The van der Waals surface area contributed by atoms with Gasteiger partial charge >= 0.3 is 0 Å². The summed E-state index contributed by atoms with van der Waals surface area (Å²) >= 11 is 0. The minimum atomic E-state index is -0.219. The summed E-state index contributed by atoms with van der Waals surface area (Å²) in [6, 6.07) is 15.1. The van der Waals surface area contributed by atoms with Crippen LogP contribution in [0, 0.1) is 27.7 Å². The largest absolute Gasteiger partial charge is 0.324 e. The van der Waals surface area contributed by atoms with E-state index in [4.69, 9.17) is 0 Å². The molecular formula is C24H24N4O2. The fourth-order valence-electron chi connectivity index (χ4n) is 3.56. The topological polar surface area (TPSA) is 68.9 Å². The van der Waals surface area contributed by atoms with Crippen LogP contribution in [0.5, 0.6) is 0 Å². The van der Waals surface area contributed by atoms with Crippen LogP contribution in [0.25, 0.3) is 16.7 Å². The number of carbonyl (C=O) groups is 1. The third-order valence-electron chi connectivity index (χ3n) is 5.60. The standard InChI is InChI=1S/C24H24N4O2/c1-15-10-11-19(13-17(15)3)28-24(30)20-8-6-12-25-23(20)27(28)14-22(29)26-21-9-5-7-16(2)18(21)4/h5-13H,14H2,1-4H3,(H,26,29). The Kier molecular flexibility index (Phi) is 4.99. The molecule has 2 aromatic heterocycles. The van der Waals surface area contributed by atoms with Crippen LogP contribution in [0.3, 0.4) is 0 Å². The first kappa shape index (κ1) is 19.6. The molecule has 6 heteroatoms. The molecule has 0 saturated carbocycles. The van der Waals surface area contributed by atoms with Crippen molar-refractivity contribution >= 4 is 22.6 Å². The van der Waals surface area contributed by atoms with Gasteiger partial charge in [-0.3, -0.25) is 14.3 Å². The number of pyridine rings is 1. The second-order valence-electron chi connectivity index (χ2n) is 7.61. The van der Waals surface area contributed by atoms with Crippen molar-refractivity contribution in [2.24, 2.45) is 0 Å². The molecule has 0 aliphatic heterocycles. The highest BCUT2D eigenvalue weighted by Gasteiger charge is 2.18. The maximum Gasteiger partial charge on any atom is 0.280 e. The molecule has 6 nitrogen and oxygen atoms in total. The maximum atomic E-state index is 13.2. The zero-order valence-corrected chi connectivity index (χ0v) is 17.6. The van der Waals surface area contributed by atoms with E-state index in [0.717, 1.165) is 27.9 Å². The number of nitrogens with zero attached hydrogens (tertiary/aromatic N) is 3. The molecule has 0 radical (unpaired) electrons. The van der Waals surface area contributed by atoms with Crippen LogP contribution >= 0.6 is 0 Å². The Balaban J connectivity index is 1.79. The molecule has 4 aromatic rings. The molecule has 0 bridgehead atoms. The monoisotopic (exact) mass is 400 g/mol. The summed E-state index contributed by atoms with van der Waals surface area (Å²) in [4.78, 5) is 30.5. The van der Waals surface area contributed by atoms with Crippen molar-refractivity contribution in [2.75, 3.05) is 5.32 Å². The highest BCUT2D eigenvalue weighted by atomic mass is 16.2. The molecule has 0 saturated heterocycles. The van der Waals surface area contributed by atoms with Gasteiger partial charge in [0.1, 0.15) is 6.54 Å². The number of fused-ring (bicyclic) bond motifs is 1. The molecule has 4 rings (SSSR count). The summed E-state index contributed by atoms with van der Waals surface area (Å²) in [6.07, 6.45) is 1.63. The van der Waals surface area contributed by atoms with Gasteiger partial charge in [0.2, 0.25) is 5.91 Å². The third kappa shape index (κ3) is 3.41. The molecule has 0 aliphatic rings. The Bertz CT molecular complexity index is 1330. The molecule has 2 aromatic carbocycles. The highest BCUT2D eigenvalue weighted by molar-refractivity contribution is 5.92. The number of aromatic nitrogens is 3. The summed E-state index contributed by atoms with van der Waals surface area (Å²) in [7, 11) is 0. The summed E-state index contributed by atoms with van der Waals surface area (Å²) in [6.45, 7) is 7.98. The van der Waals surface area contributed by atoms with E-state index in [1.165, 1.54) is 4.68 Å². The average Bonchev–Trinajstić information content (AvgIpc) is 3.00. The number of carbonyl (C=O) groups excluding carboxylic acids is 1. The summed E-state index contributed by atoms with van der Waals surface area (Å²) in [5.41, 5.74) is 6.10. The lowest BCUT2D eigenvalue weighted by atomic mass is 10.1. The zero-order valence-electron chi connectivity index (χ0n) is 17.6. The lowest BCUT2D eigenvalue weighted by molar-refractivity contribution is -0.116. The number of amides is 1. The lowest BCUT2D eigenvalue weighted by Crippen LogP contribution is -2.27. The number of anilines is 1. The van der Waals surface area contributed by atoms with Gasteiger partial charge in [-0.1, -0.05) is 18.2 Å². The first-order chi connectivity index (χ1) is 14.4. The Labute approximate surface area is 174 Å². The summed E-state index contributed by atoms with van der Waals surface area (Å²) < 4.78 is 3.18. The number of hydrogen-bond acceptors (Lipinski definition) is 3. The molecule has 0 spiro atoms. The molecule has 0 atom stereocenters. The highest BCUT2D eigenvalue weighted by Crippen LogP contribution is 2.19. The number of aryl methyl sites for hydroxylation is 3. The average molecular weight is 400 g/mol. The first-order valence-electron chi connectivity index (χ1n) is 9.87. The fourth-order valence-corrected chi connectivity index (χ4v) is 3.56. The van der Waals surface area contributed by atoms with Crippen molar-refractivity contribution < 1.29 is 4.79 Å². The van der Waals surface area contributed by atoms with Crippen molar-refractivity contribution in [3.05, 3.63) is 87.3 Å². The summed E-state index contributed by atoms with van der Waals surface area (Å²) in [5, 5.41) is 3.45. The van der Waals surface area contributed by atoms with E-state index in [2.05, 4.69) is 10.3 Å². The number of nitrogens with one attached hydrogen (secondary N) is 1. The van der Waals surface area contributed by atoms with E-state index in [-0.39, 0.29) is 18.0 Å². The molecule has 1 amide bonds. The molecule has 0 unspecified atom stereocenters. The fraction of sp³-hybridized carbons (Fsp3) is 0.208. The first-order valence-corrected chi connectivity index (χ1v) is 9.87.